The van der Waals surface area contributed by atoms with Gasteiger partial charge >= 0.3 is 0 Å². The van der Waals surface area contributed by atoms with Gasteiger partial charge < -0.3 is 0 Å². The summed E-state index contributed by atoms with van der Waals surface area (Å²) in [6, 6.07) is 9.58. The molecule has 4 aromatic heterocycles. The molecule has 0 N–H and O–H groups in total. The zero-order chi connectivity index (χ0) is 17.9. The Labute approximate surface area is 153 Å². The number of nitrogens with zero attached hydrogens (tertiary/aromatic N) is 5. The molecule has 0 saturated heterocycles. The zero-order valence-corrected chi connectivity index (χ0v) is 14.5. The minimum absolute atomic E-state index is 0.180. The molecule has 0 fully saturated rings. The van der Waals surface area contributed by atoms with E-state index in [9.17, 15) is 4.79 Å². The molecule has 0 radical (unpaired) electrons. The summed E-state index contributed by atoms with van der Waals surface area (Å²) in [7, 11) is 0. The first-order valence-corrected chi connectivity index (χ1v) is 8.87. The molecule has 0 aliphatic heterocycles. The van der Waals surface area contributed by atoms with E-state index >= 15 is 0 Å². The number of rotatable bonds is 4. The van der Waals surface area contributed by atoms with E-state index in [1.165, 1.54) is 16.0 Å². The molecule has 0 spiro atoms. The molecule has 7 heteroatoms. The van der Waals surface area contributed by atoms with Gasteiger partial charge in [0.2, 0.25) is 0 Å². The highest BCUT2D eigenvalue weighted by atomic mass is 32.1. The first-order valence-electron chi connectivity index (χ1n) is 7.99. The van der Waals surface area contributed by atoms with Crippen molar-refractivity contribution in [2.45, 2.75) is 13.0 Å². The fourth-order valence-electron chi connectivity index (χ4n) is 2.84. The number of aromatic nitrogens is 4. The van der Waals surface area contributed by atoms with Gasteiger partial charge in [-0.25, -0.2) is 4.68 Å². The van der Waals surface area contributed by atoms with Crippen LogP contribution >= 0.6 is 11.3 Å². The molecule has 4 aromatic rings. The average Bonchev–Trinajstić information content (AvgIpc) is 3.14. The molecular weight excluding hydrogens is 346 g/mol. The van der Waals surface area contributed by atoms with Crippen LogP contribution in [-0.2, 0) is 6.54 Å². The smallest absolute Gasteiger partial charge is 0.267 e. The van der Waals surface area contributed by atoms with Crippen LogP contribution in [0.2, 0.25) is 0 Å². The lowest BCUT2D eigenvalue weighted by Gasteiger charge is -2.08. The van der Waals surface area contributed by atoms with Crippen molar-refractivity contribution in [2.75, 3.05) is 0 Å². The predicted molar refractivity (Wildman–Crippen MR) is 101 cm³/mol. The summed E-state index contributed by atoms with van der Waals surface area (Å²) in [5.74, 6) is 0. The molecule has 6 nitrogen and oxygen atoms in total. The monoisotopic (exact) mass is 359 g/mol. The van der Waals surface area contributed by atoms with E-state index < -0.39 is 0 Å². The number of hydrogen-bond donors (Lipinski definition) is 0. The predicted octanol–water partition coefficient (Wildman–Crippen LogP) is 3.50. The molecule has 0 bridgehead atoms. The maximum absolute atomic E-state index is 13.0. The van der Waals surface area contributed by atoms with Crippen molar-refractivity contribution in [3.05, 3.63) is 64.8 Å². The van der Waals surface area contributed by atoms with E-state index in [0.717, 1.165) is 27.1 Å². The van der Waals surface area contributed by atoms with Gasteiger partial charge in [0.25, 0.3) is 5.56 Å². The van der Waals surface area contributed by atoms with E-state index in [-0.39, 0.29) is 18.5 Å². The molecule has 26 heavy (non-hydrogen) atoms. The Morgan fingerprint density at radius 1 is 1.04 bits per heavy atom. The van der Waals surface area contributed by atoms with Crippen LogP contribution < -0.4 is 5.56 Å². The number of aryl methyl sites for hydroxylation is 1. The second-order valence-electron chi connectivity index (χ2n) is 5.61. The summed E-state index contributed by atoms with van der Waals surface area (Å²) in [4.78, 5) is 21.1. The van der Waals surface area contributed by atoms with Crippen molar-refractivity contribution in [1.29, 1.82) is 5.26 Å². The fourth-order valence-corrected chi connectivity index (χ4v) is 3.91. The van der Waals surface area contributed by atoms with Crippen LogP contribution in [0.4, 0.5) is 0 Å². The van der Waals surface area contributed by atoms with Gasteiger partial charge in [0.1, 0.15) is 5.69 Å². The quantitative estimate of drug-likeness (QED) is 0.557. The van der Waals surface area contributed by atoms with Crippen LogP contribution in [0.1, 0.15) is 6.42 Å². The minimum atomic E-state index is -0.180. The largest absolute Gasteiger partial charge is 0.276 e. The van der Waals surface area contributed by atoms with Crippen molar-refractivity contribution in [3.8, 4) is 28.5 Å². The van der Waals surface area contributed by atoms with Crippen molar-refractivity contribution >= 4 is 21.4 Å². The summed E-state index contributed by atoms with van der Waals surface area (Å²) in [6.45, 7) is 0.259. The normalized spacial score (nSPS) is 10.7. The van der Waals surface area contributed by atoms with Crippen molar-refractivity contribution < 1.29 is 0 Å². The molecule has 0 aromatic carbocycles. The number of fused-ring (bicyclic) bond motifs is 1. The summed E-state index contributed by atoms with van der Waals surface area (Å²) in [5.41, 5.74) is 3.23. The number of thiophene rings is 1. The number of pyridine rings is 2. The molecule has 4 heterocycles. The van der Waals surface area contributed by atoms with Crippen LogP contribution in [-0.4, -0.2) is 19.7 Å². The van der Waals surface area contributed by atoms with Gasteiger partial charge in [-0.2, -0.15) is 10.4 Å². The lowest BCUT2D eigenvalue weighted by molar-refractivity contribution is 0.598. The first-order chi connectivity index (χ1) is 12.8. The molecule has 0 aliphatic rings. The van der Waals surface area contributed by atoms with Crippen LogP contribution in [0.15, 0.2) is 59.2 Å². The maximum atomic E-state index is 13.0. The Balaban J connectivity index is 2.04. The van der Waals surface area contributed by atoms with E-state index in [4.69, 9.17) is 5.26 Å². The highest BCUT2D eigenvalue weighted by Gasteiger charge is 2.18. The summed E-state index contributed by atoms with van der Waals surface area (Å²) in [6.07, 6.45) is 7.04. The SMILES string of the molecule is N#CCCn1nc(-c2ccncc2)c2scc(-c3ccncc3)c2c1=O. The van der Waals surface area contributed by atoms with Crippen LogP contribution in [0.5, 0.6) is 0 Å². The molecule has 0 saturated carbocycles. The van der Waals surface area contributed by atoms with Gasteiger partial charge in [-0.3, -0.25) is 14.8 Å². The number of hydrogen-bond acceptors (Lipinski definition) is 6. The van der Waals surface area contributed by atoms with E-state index in [1.807, 2.05) is 29.6 Å². The third kappa shape index (κ3) is 2.76. The first kappa shape index (κ1) is 16.1. The third-order valence-corrected chi connectivity index (χ3v) is 5.04. The van der Waals surface area contributed by atoms with Crippen LogP contribution in [0, 0.1) is 11.3 Å². The Morgan fingerprint density at radius 2 is 1.69 bits per heavy atom. The Bertz CT molecular complexity index is 1160. The second-order valence-corrected chi connectivity index (χ2v) is 6.49. The van der Waals surface area contributed by atoms with Crippen molar-refractivity contribution in [3.63, 3.8) is 0 Å². The summed E-state index contributed by atoms with van der Waals surface area (Å²) in [5, 5.41) is 16.0. The average molecular weight is 359 g/mol. The third-order valence-electron chi connectivity index (χ3n) is 4.06. The zero-order valence-electron chi connectivity index (χ0n) is 13.7. The molecular formula is C19H13N5OS. The van der Waals surface area contributed by atoms with Gasteiger partial charge in [0, 0.05) is 41.3 Å². The highest BCUT2D eigenvalue weighted by Crippen LogP contribution is 2.36. The van der Waals surface area contributed by atoms with Crippen molar-refractivity contribution in [1.82, 2.24) is 19.7 Å². The van der Waals surface area contributed by atoms with Gasteiger partial charge in [0.15, 0.2) is 0 Å². The highest BCUT2D eigenvalue weighted by molar-refractivity contribution is 7.18. The molecule has 0 aliphatic carbocycles. The van der Waals surface area contributed by atoms with Gasteiger partial charge in [-0.05, 0) is 29.8 Å². The second kappa shape index (κ2) is 6.86. The number of nitriles is 1. The van der Waals surface area contributed by atoms with E-state index in [0.29, 0.717) is 5.39 Å². The molecule has 4 rings (SSSR count). The van der Waals surface area contributed by atoms with Gasteiger partial charge in [-0.1, -0.05) is 0 Å². The molecule has 0 amide bonds. The molecule has 126 valence electrons. The Morgan fingerprint density at radius 3 is 2.35 bits per heavy atom. The van der Waals surface area contributed by atoms with Crippen LogP contribution in [0.25, 0.3) is 32.5 Å². The lowest BCUT2D eigenvalue weighted by Crippen LogP contribution is -2.23. The van der Waals surface area contributed by atoms with Crippen molar-refractivity contribution in [2.24, 2.45) is 0 Å². The Hall–Kier alpha value is -3.37. The van der Waals surface area contributed by atoms with Crippen LogP contribution in [0.3, 0.4) is 0 Å². The maximum Gasteiger partial charge on any atom is 0.276 e. The van der Waals surface area contributed by atoms with E-state index in [1.54, 1.807) is 24.8 Å². The van der Waals surface area contributed by atoms with Gasteiger partial charge in [-0.15, -0.1) is 11.3 Å². The Kier molecular flexibility index (Phi) is 4.25. The lowest BCUT2D eigenvalue weighted by atomic mass is 10.1. The fraction of sp³-hybridized carbons (Fsp3) is 0.105. The van der Waals surface area contributed by atoms with E-state index in [2.05, 4.69) is 21.1 Å². The standard InChI is InChI=1S/C19H13N5OS/c20-6-1-11-24-19(25)16-15(13-2-7-21-8-3-13)12-26-18(16)17(23-24)14-4-9-22-10-5-14/h2-5,7-10,12H,1,11H2. The topological polar surface area (TPSA) is 84.5 Å². The minimum Gasteiger partial charge on any atom is -0.267 e. The molecule has 0 atom stereocenters. The molecule has 0 unspecified atom stereocenters. The summed E-state index contributed by atoms with van der Waals surface area (Å²) < 4.78 is 2.22. The summed E-state index contributed by atoms with van der Waals surface area (Å²) >= 11 is 1.50. The van der Waals surface area contributed by atoms with Gasteiger partial charge in [0.05, 0.1) is 29.1 Å².